The molecule has 0 fully saturated rings. The smallest absolute Gasteiger partial charge is 0.251 e. The van der Waals surface area contributed by atoms with Crippen molar-refractivity contribution in [2.24, 2.45) is 0 Å². The quantitative estimate of drug-likeness (QED) is 0.589. The fraction of sp³-hybridized carbons (Fsp3) is 0.200. The number of nitrogens with one attached hydrogen (secondary N) is 2. The van der Waals surface area contributed by atoms with Gasteiger partial charge in [-0.05, 0) is 48.9 Å². The van der Waals surface area contributed by atoms with Crippen molar-refractivity contribution in [1.29, 1.82) is 0 Å². The Bertz CT molecular complexity index is 924. The average molecular weight is 442 g/mol. The van der Waals surface area contributed by atoms with E-state index in [2.05, 4.69) is 36.6 Å². The molecule has 0 aliphatic carbocycles. The maximum atomic E-state index is 12.2. The third kappa shape index (κ3) is 5.26. The van der Waals surface area contributed by atoms with Crippen molar-refractivity contribution in [1.82, 2.24) is 25.4 Å². The molecule has 8 heteroatoms. The van der Waals surface area contributed by atoms with Crippen LogP contribution >= 0.6 is 15.9 Å². The summed E-state index contributed by atoms with van der Waals surface area (Å²) in [5, 5.41) is 9.78. The van der Waals surface area contributed by atoms with Crippen molar-refractivity contribution in [3.63, 3.8) is 0 Å². The lowest BCUT2D eigenvalue weighted by Crippen LogP contribution is -2.32. The van der Waals surface area contributed by atoms with Crippen molar-refractivity contribution >= 4 is 27.7 Å². The van der Waals surface area contributed by atoms with E-state index in [4.69, 9.17) is 0 Å². The van der Waals surface area contributed by atoms with Gasteiger partial charge in [0.25, 0.3) is 5.91 Å². The van der Waals surface area contributed by atoms with Gasteiger partial charge in [-0.25, -0.2) is 9.67 Å². The first-order valence-corrected chi connectivity index (χ1v) is 9.60. The summed E-state index contributed by atoms with van der Waals surface area (Å²) in [5.74, 6) is -0.319. The fourth-order valence-electron chi connectivity index (χ4n) is 2.65. The van der Waals surface area contributed by atoms with Crippen LogP contribution < -0.4 is 10.6 Å². The van der Waals surface area contributed by atoms with E-state index in [1.165, 1.54) is 6.33 Å². The van der Waals surface area contributed by atoms with Crippen molar-refractivity contribution in [2.75, 3.05) is 6.54 Å². The normalized spacial score (nSPS) is 11.6. The van der Waals surface area contributed by atoms with Gasteiger partial charge in [-0.3, -0.25) is 9.59 Å². The summed E-state index contributed by atoms with van der Waals surface area (Å²) in [4.78, 5) is 28.1. The van der Waals surface area contributed by atoms with Gasteiger partial charge in [-0.2, -0.15) is 5.10 Å². The first-order chi connectivity index (χ1) is 13.5. The van der Waals surface area contributed by atoms with Crippen LogP contribution in [-0.4, -0.2) is 33.1 Å². The predicted molar refractivity (Wildman–Crippen MR) is 109 cm³/mol. The number of rotatable bonds is 7. The zero-order valence-corrected chi connectivity index (χ0v) is 16.9. The van der Waals surface area contributed by atoms with E-state index in [1.54, 1.807) is 35.3 Å². The van der Waals surface area contributed by atoms with Gasteiger partial charge in [0.05, 0.1) is 11.7 Å². The summed E-state index contributed by atoms with van der Waals surface area (Å²) < 4.78 is 2.58. The van der Waals surface area contributed by atoms with Gasteiger partial charge >= 0.3 is 0 Å². The molecular weight excluding hydrogens is 422 g/mol. The lowest BCUT2D eigenvalue weighted by Gasteiger charge is -2.15. The molecular formula is C20H20BrN5O2. The Balaban J connectivity index is 1.45. The number of carbonyl (C=O) groups excluding carboxylic acids is 2. The Morgan fingerprint density at radius 1 is 1.11 bits per heavy atom. The van der Waals surface area contributed by atoms with Gasteiger partial charge in [-0.1, -0.05) is 28.1 Å². The van der Waals surface area contributed by atoms with Crippen LogP contribution in [0.3, 0.4) is 0 Å². The standard InChI is InChI=1S/C20H20BrN5O2/c1-14(15-4-8-18(9-5-15)26-13-22-12-24-26)25-19(27)10-11-23-20(28)16-2-6-17(21)7-3-16/h2-9,12-14H,10-11H2,1H3,(H,23,28)(H,25,27). The molecule has 1 aromatic heterocycles. The topological polar surface area (TPSA) is 88.9 Å². The maximum Gasteiger partial charge on any atom is 0.251 e. The highest BCUT2D eigenvalue weighted by Gasteiger charge is 2.11. The molecule has 3 aromatic rings. The van der Waals surface area contributed by atoms with Gasteiger partial charge in [0.2, 0.25) is 5.91 Å². The molecule has 2 amide bonds. The largest absolute Gasteiger partial charge is 0.352 e. The number of benzene rings is 2. The number of hydrogen-bond acceptors (Lipinski definition) is 4. The summed E-state index contributed by atoms with van der Waals surface area (Å²) in [5.41, 5.74) is 2.44. The van der Waals surface area contributed by atoms with E-state index in [0.29, 0.717) is 5.56 Å². The van der Waals surface area contributed by atoms with Crippen LogP contribution in [-0.2, 0) is 4.79 Å². The Kier molecular flexibility index (Phi) is 6.54. The molecule has 2 N–H and O–H groups in total. The monoisotopic (exact) mass is 441 g/mol. The Hall–Kier alpha value is -3.00. The lowest BCUT2D eigenvalue weighted by molar-refractivity contribution is -0.121. The molecule has 3 rings (SSSR count). The highest BCUT2D eigenvalue weighted by molar-refractivity contribution is 9.10. The number of nitrogens with zero attached hydrogens (tertiary/aromatic N) is 3. The zero-order valence-electron chi connectivity index (χ0n) is 15.3. The van der Waals surface area contributed by atoms with E-state index in [9.17, 15) is 9.59 Å². The molecule has 28 heavy (non-hydrogen) atoms. The molecule has 1 heterocycles. The SMILES string of the molecule is CC(NC(=O)CCNC(=O)c1ccc(Br)cc1)c1ccc(-n2cncn2)cc1. The molecule has 0 saturated heterocycles. The molecule has 0 spiro atoms. The number of halogens is 1. The molecule has 0 aliphatic heterocycles. The molecule has 1 unspecified atom stereocenters. The van der Waals surface area contributed by atoms with Crippen molar-refractivity contribution < 1.29 is 9.59 Å². The summed E-state index contributed by atoms with van der Waals surface area (Å²) in [6, 6.07) is 14.6. The maximum absolute atomic E-state index is 12.2. The van der Waals surface area contributed by atoms with Crippen molar-refractivity contribution in [3.8, 4) is 5.69 Å². The van der Waals surface area contributed by atoms with Gasteiger partial charge < -0.3 is 10.6 Å². The van der Waals surface area contributed by atoms with E-state index in [-0.39, 0.29) is 30.8 Å². The van der Waals surface area contributed by atoms with Crippen molar-refractivity contribution in [3.05, 3.63) is 76.8 Å². The van der Waals surface area contributed by atoms with Crippen LogP contribution in [0.2, 0.25) is 0 Å². The molecule has 7 nitrogen and oxygen atoms in total. The second-order valence-corrected chi connectivity index (χ2v) is 7.15. The second kappa shape index (κ2) is 9.27. The van der Waals surface area contributed by atoms with Crippen LogP contribution in [0.25, 0.3) is 5.69 Å². The Morgan fingerprint density at radius 3 is 2.46 bits per heavy atom. The van der Waals surface area contributed by atoms with E-state index < -0.39 is 0 Å². The predicted octanol–water partition coefficient (Wildman–Crippen LogP) is 3.03. The average Bonchev–Trinajstić information content (AvgIpc) is 3.23. The third-order valence-corrected chi connectivity index (χ3v) is 4.73. The minimum Gasteiger partial charge on any atom is -0.352 e. The molecule has 0 bridgehead atoms. The first kappa shape index (κ1) is 19.8. The third-order valence-electron chi connectivity index (χ3n) is 4.20. The Labute approximate surface area is 171 Å². The molecule has 2 aromatic carbocycles. The van der Waals surface area contributed by atoms with E-state index in [1.807, 2.05) is 31.2 Å². The number of carbonyl (C=O) groups is 2. The first-order valence-electron chi connectivity index (χ1n) is 8.81. The molecule has 0 saturated carbocycles. The highest BCUT2D eigenvalue weighted by Crippen LogP contribution is 2.15. The van der Waals surface area contributed by atoms with Crippen LogP contribution in [0.1, 0.15) is 35.3 Å². The van der Waals surface area contributed by atoms with Gasteiger partial charge in [0.15, 0.2) is 0 Å². The molecule has 0 radical (unpaired) electrons. The minimum absolute atomic E-state index is 0.121. The number of amides is 2. The minimum atomic E-state index is -0.197. The second-order valence-electron chi connectivity index (χ2n) is 6.23. The summed E-state index contributed by atoms with van der Waals surface area (Å²) in [6.07, 6.45) is 3.32. The molecule has 144 valence electrons. The van der Waals surface area contributed by atoms with Gasteiger partial charge in [-0.15, -0.1) is 0 Å². The van der Waals surface area contributed by atoms with Crippen molar-refractivity contribution in [2.45, 2.75) is 19.4 Å². The lowest BCUT2D eigenvalue weighted by atomic mass is 10.1. The van der Waals surface area contributed by atoms with E-state index >= 15 is 0 Å². The molecule has 0 aliphatic rings. The van der Waals surface area contributed by atoms with Crippen LogP contribution in [0.5, 0.6) is 0 Å². The van der Waals surface area contributed by atoms with Gasteiger partial charge in [0.1, 0.15) is 12.7 Å². The number of hydrogen-bond donors (Lipinski definition) is 2. The van der Waals surface area contributed by atoms with Crippen LogP contribution in [0.15, 0.2) is 65.7 Å². The van der Waals surface area contributed by atoms with E-state index in [0.717, 1.165) is 15.7 Å². The van der Waals surface area contributed by atoms with Gasteiger partial charge in [0, 0.05) is 23.0 Å². The summed E-state index contributed by atoms with van der Waals surface area (Å²) >= 11 is 3.33. The fourth-order valence-corrected chi connectivity index (χ4v) is 2.91. The summed E-state index contributed by atoms with van der Waals surface area (Å²) in [7, 11) is 0. The Morgan fingerprint density at radius 2 is 1.82 bits per heavy atom. The van der Waals surface area contributed by atoms with Crippen LogP contribution in [0, 0.1) is 0 Å². The zero-order chi connectivity index (χ0) is 19.9. The summed E-state index contributed by atoms with van der Waals surface area (Å²) in [6.45, 7) is 2.20. The highest BCUT2D eigenvalue weighted by atomic mass is 79.9. The van der Waals surface area contributed by atoms with Crippen LogP contribution in [0.4, 0.5) is 0 Å². The number of aromatic nitrogens is 3. The molecule has 1 atom stereocenters.